The molecule has 1 unspecified atom stereocenters. The maximum Gasteiger partial charge on any atom is 0.222 e. The zero-order valence-corrected chi connectivity index (χ0v) is 11.8. The summed E-state index contributed by atoms with van der Waals surface area (Å²) in [6.45, 7) is 1.84. The summed E-state index contributed by atoms with van der Waals surface area (Å²) in [4.78, 5) is 11.0. The molecule has 1 aromatic carbocycles. The molecule has 6 nitrogen and oxygen atoms in total. The number of hydrogen-bond donors (Lipinski definition) is 2. The van der Waals surface area contributed by atoms with Crippen molar-refractivity contribution in [3.63, 3.8) is 0 Å². The largest absolute Gasteiger partial charge is 0.450 e. The Kier molecular flexibility index (Phi) is 2.71. The molecule has 1 aliphatic rings. The minimum absolute atomic E-state index is 0.289. The molecule has 3 N–H and O–H groups in total. The average Bonchev–Trinajstić information content (AvgIpc) is 3.11. The van der Waals surface area contributed by atoms with Crippen LogP contribution in [0.25, 0.3) is 22.1 Å². The summed E-state index contributed by atoms with van der Waals surface area (Å²) in [6, 6.07) is 8.34. The Morgan fingerprint density at radius 1 is 1.33 bits per heavy atom. The van der Waals surface area contributed by atoms with Crippen molar-refractivity contribution in [3.05, 3.63) is 24.3 Å². The van der Waals surface area contributed by atoms with E-state index in [2.05, 4.69) is 20.2 Å². The Morgan fingerprint density at radius 2 is 2.19 bits per heavy atom. The van der Waals surface area contributed by atoms with Crippen LogP contribution < -0.4 is 16.0 Å². The smallest absolute Gasteiger partial charge is 0.222 e. The van der Waals surface area contributed by atoms with Gasteiger partial charge in [0.1, 0.15) is 11.1 Å². The molecular weight excluding hydrogens is 266 g/mol. The van der Waals surface area contributed by atoms with Gasteiger partial charge in [-0.15, -0.1) is 0 Å². The molecule has 1 aliphatic heterocycles. The summed E-state index contributed by atoms with van der Waals surface area (Å²) < 4.78 is 5.98. The lowest BCUT2D eigenvalue weighted by atomic mass is 10.2. The zero-order chi connectivity index (χ0) is 14.4. The summed E-state index contributed by atoms with van der Waals surface area (Å²) in [7, 11) is 1.99. The molecule has 2 aromatic heterocycles. The Balaban J connectivity index is 1.92. The molecule has 3 aromatic rings. The highest BCUT2D eigenvalue weighted by atomic mass is 16.3. The van der Waals surface area contributed by atoms with E-state index in [0.717, 1.165) is 47.4 Å². The number of aromatic nitrogens is 2. The number of nitrogens with two attached hydrogens (primary N) is 1. The van der Waals surface area contributed by atoms with Crippen molar-refractivity contribution in [1.82, 2.24) is 15.3 Å². The Hall–Kier alpha value is -2.34. The van der Waals surface area contributed by atoms with Gasteiger partial charge in [-0.05, 0) is 25.6 Å². The van der Waals surface area contributed by atoms with Crippen LogP contribution in [0.2, 0.25) is 0 Å². The molecule has 6 heteroatoms. The summed E-state index contributed by atoms with van der Waals surface area (Å²) in [5.74, 6) is 1.09. The molecule has 0 saturated carbocycles. The van der Waals surface area contributed by atoms with Gasteiger partial charge in [0.2, 0.25) is 5.95 Å². The maximum absolute atomic E-state index is 5.98. The number of furan rings is 1. The fourth-order valence-corrected chi connectivity index (χ4v) is 3.00. The molecular formula is C15H17N5O. The lowest BCUT2D eigenvalue weighted by molar-refractivity contribution is 0.615. The Bertz CT molecular complexity index is 812. The molecule has 0 aliphatic carbocycles. The second-order valence-corrected chi connectivity index (χ2v) is 5.40. The molecule has 0 bridgehead atoms. The molecule has 1 saturated heterocycles. The van der Waals surface area contributed by atoms with Crippen molar-refractivity contribution < 1.29 is 4.42 Å². The average molecular weight is 283 g/mol. The van der Waals surface area contributed by atoms with Gasteiger partial charge in [-0.3, -0.25) is 0 Å². The van der Waals surface area contributed by atoms with E-state index in [9.17, 15) is 0 Å². The number of fused-ring (bicyclic) bond motifs is 3. The molecule has 1 fully saturated rings. The van der Waals surface area contributed by atoms with Crippen LogP contribution >= 0.6 is 0 Å². The molecule has 0 spiro atoms. The van der Waals surface area contributed by atoms with E-state index in [1.165, 1.54) is 0 Å². The monoisotopic (exact) mass is 283 g/mol. The number of para-hydroxylation sites is 1. The van der Waals surface area contributed by atoms with Crippen molar-refractivity contribution in [2.75, 3.05) is 30.8 Å². The topological polar surface area (TPSA) is 80.2 Å². The number of benzene rings is 1. The van der Waals surface area contributed by atoms with Gasteiger partial charge in [-0.25, -0.2) is 4.98 Å². The molecule has 0 amide bonds. The number of nitrogen functional groups attached to an aromatic ring is 1. The van der Waals surface area contributed by atoms with Crippen molar-refractivity contribution in [2.45, 2.75) is 12.5 Å². The highest BCUT2D eigenvalue weighted by molar-refractivity contribution is 6.06. The SMILES string of the molecule is CNC1CCN(c2nc(N)nc3c2oc2ccccc23)C1. The van der Waals surface area contributed by atoms with Crippen molar-refractivity contribution >= 4 is 33.8 Å². The van der Waals surface area contributed by atoms with Crippen molar-refractivity contribution in [3.8, 4) is 0 Å². The minimum atomic E-state index is 0.289. The zero-order valence-electron chi connectivity index (χ0n) is 11.8. The summed E-state index contributed by atoms with van der Waals surface area (Å²) >= 11 is 0. The third-order valence-electron chi connectivity index (χ3n) is 4.12. The fourth-order valence-electron chi connectivity index (χ4n) is 3.00. The van der Waals surface area contributed by atoms with Gasteiger partial charge in [-0.2, -0.15) is 4.98 Å². The van der Waals surface area contributed by atoms with Crippen LogP contribution in [0.1, 0.15) is 6.42 Å². The fraction of sp³-hybridized carbons (Fsp3) is 0.333. The molecule has 108 valence electrons. The second kappa shape index (κ2) is 4.60. The van der Waals surface area contributed by atoms with Crippen LogP contribution in [0.5, 0.6) is 0 Å². The second-order valence-electron chi connectivity index (χ2n) is 5.40. The first-order valence-corrected chi connectivity index (χ1v) is 7.13. The molecule has 0 radical (unpaired) electrons. The summed E-state index contributed by atoms with van der Waals surface area (Å²) in [5.41, 5.74) is 8.24. The third kappa shape index (κ3) is 1.91. The van der Waals surface area contributed by atoms with Crippen molar-refractivity contribution in [1.29, 1.82) is 0 Å². The van der Waals surface area contributed by atoms with Crippen LogP contribution in [0.15, 0.2) is 28.7 Å². The van der Waals surface area contributed by atoms with Gasteiger partial charge in [0.05, 0.1) is 0 Å². The number of nitrogens with zero attached hydrogens (tertiary/aromatic N) is 3. The molecule has 1 atom stereocenters. The lowest BCUT2D eigenvalue weighted by Gasteiger charge is -2.17. The number of rotatable bonds is 2. The van der Waals surface area contributed by atoms with Gasteiger partial charge in [0, 0.05) is 24.5 Å². The van der Waals surface area contributed by atoms with Gasteiger partial charge < -0.3 is 20.4 Å². The minimum Gasteiger partial charge on any atom is -0.450 e. The molecule has 21 heavy (non-hydrogen) atoms. The third-order valence-corrected chi connectivity index (χ3v) is 4.12. The maximum atomic E-state index is 5.98. The van der Waals surface area contributed by atoms with E-state index < -0.39 is 0 Å². The van der Waals surface area contributed by atoms with Gasteiger partial charge in [-0.1, -0.05) is 12.1 Å². The number of likely N-dealkylation sites (N-methyl/N-ethyl adjacent to an activating group) is 1. The Morgan fingerprint density at radius 3 is 3.00 bits per heavy atom. The number of hydrogen-bond acceptors (Lipinski definition) is 6. The summed E-state index contributed by atoms with van der Waals surface area (Å²) in [5, 5.41) is 4.28. The van der Waals surface area contributed by atoms with E-state index in [0.29, 0.717) is 6.04 Å². The molecule has 3 heterocycles. The first kappa shape index (κ1) is 12.4. The van der Waals surface area contributed by atoms with E-state index >= 15 is 0 Å². The number of nitrogens with one attached hydrogen (secondary N) is 1. The quantitative estimate of drug-likeness (QED) is 0.746. The number of anilines is 2. The predicted molar refractivity (Wildman–Crippen MR) is 83.4 cm³/mol. The van der Waals surface area contributed by atoms with Crippen LogP contribution in [0.4, 0.5) is 11.8 Å². The first-order valence-electron chi connectivity index (χ1n) is 7.13. The van der Waals surface area contributed by atoms with Crippen LogP contribution in [0, 0.1) is 0 Å². The Labute approximate surface area is 121 Å². The highest BCUT2D eigenvalue weighted by Gasteiger charge is 2.26. The lowest BCUT2D eigenvalue weighted by Crippen LogP contribution is -2.30. The van der Waals surface area contributed by atoms with Gasteiger partial charge >= 0.3 is 0 Å². The van der Waals surface area contributed by atoms with Crippen molar-refractivity contribution in [2.24, 2.45) is 0 Å². The van der Waals surface area contributed by atoms with E-state index in [1.807, 2.05) is 31.3 Å². The first-order chi connectivity index (χ1) is 10.3. The van der Waals surface area contributed by atoms with Crippen LogP contribution in [0.3, 0.4) is 0 Å². The van der Waals surface area contributed by atoms with E-state index in [-0.39, 0.29) is 5.95 Å². The van der Waals surface area contributed by atoms with Gasteiger partial charge in [0.25, 0.3) is 0 Å². The standard InChI is InChI=1S/C15H17N5O/c1-17-9-6-7-20(8-9)14-13-12(18-15(16)19-14)10-4-2-3-5-11(10)21-13/h2-5,9,17H,6-8H2,1H3,(H2,16,18,19). The summed E-state index contributed by atoms with van der Waals surface area (Å²) in [6.07, 6.45) is 1.09. The van der Waals surface area contributed by atoms with E-state index in [1.54, 1.807) is 0 Å². The highest BCUT2D eigenvalue weighted by Crippen LogP contribution is 2.34. The van der Waals surface area contributed by atoms with Gasteiger partial charge in [0.15, 0.2) is 11.4 Å². The molecule has 4 rings (SSSR count). The normalized spacial score (nSPS) is 18.9. The van der Waals surface area contributed by atoms with Crippen LogP contribution in [-0.2, 0) is 0 Å². The van der Waals surface area contributed by atoms with Crippen LogP contribution in [-0.4, -0.2) is 36.1 Å². The predicted octanol–water partition coefficient (Wildman–Crippen LogP) is 1.76. The van der Waals surface area contributed by atoms with E-state index in [4.69, 9.17) is 10.2 Å².